The topological polar surface area (TPSA) is 71.3 Å². The van der Waals surface area contributed by atoms with Crippen molar-refractivity contribution in [2.24, 2.45) is 0 Å². The molecule has 5 nitrogen and oxygen atoms in total. The predicted octanol–water partition coefficient (Wildman–Crippen LogP) is 3.15. The van der Waals surface area contributed by atoms with Gasteiger partial charge in [-0.05, 0) is 39.8 Å². The lowest BCUT2D eigenvalue weighted by Crippen LogP contribution is -2.50. The molecule has 7 heteroatoms. The minimum atomic E-state index is -1.38. The number of carbonyl (C=O) groups excluding carboxylic acids is 1. The molecule has 120 valence electrons. The lowest BCUT2D eigenvalue weighted by atomic mass is 10.1. The van der Waals surface area contributed by atoms with E-state index in [4.69, 9.17) is 9.47 Å². The van der Waals surface area contributed by atoms with Gasteiger partial charge in [-0.2, -0.15) is 5.26 Å². The number of hydrogen-bond donors (Lipinski definition) is 1. The molecule has 0 aliphatic carbocycles. The van der Waals surface area contributed by atoms with Gasteiger partial charge in [-0.15, -0.1) is 0 Å². The molecule has 0 spiro atoms. The molecule has 0 aromatic heterocycles. The van der Waals surface area contributed by atoms with Crippen molar-refractivity contribution in [2.75, 3.05) is 6.61 Å². The second kappa shape index (κ2) is 6.60. The van der Waals surface area contributed by atoms with Crippen LogP contribution in [0.25, 0.3) is 0 Å². The third kappa shape index (κ3) is 5.56. The Balaban J connectivity index is 2.68. The van der Waals surface area contributed by atoms with E-state index in [0.29, 0.717) is 0 Å². The molecule has 0 aliphatic rings. The first kappa shape index (κ1) is 17.7. The van der Waals surface area contributed by atoms with Gasteiger partial charge in [0.2, 0.25) is 0 Å². The summed E-state index contributed by atoms with van der Waals surface area (Å²) in [7, 11) is 0. The van der Waals surface area contributed by atoms with E-state index in [1.165, 1.54) is 13.0 Å². The third-order valence-corrected chi connectivity index (χ3v) is 2.44. The quantitative estimate of drug-likeness (QED) is 0.927. The standard InChI is InChI=1S/C15H18F2N2O3/c1-14(2,3)22-13(20)19-15(4,8-18)9-21-10-5-6-11(16)12(17)7-10/h5-7H,9H2,1-4H3,(H,19,20). The first-order chi connectivity index (χ1) is 10.0. The zero-order chi connectivity index (χ0) is 17.0. The van der Waals surface area contributed by atoms with Crippen LogP contribution in [-0.2, 0) is 4.74 Å². The second-order valence-electron chi connectivity index (χ2n) is 5.94. The van der Waals surface area contributed by atoms with Crippen molar-refractivity contribution in [1.29, 1.82) is 5.26 Å². The Labute approximate surface area is 127 Å². The first-order valence-corrected chi connectivity index (χ1v) is 6.55. The van der Waals surface area contributed by atoms with Gasteiger partial charge in [0.15, 0.2) is 17.2 Å². The Morgan fingerprint density at radius 2 is 1.91 bits per heavy atom. The molecule has 1 atom stereocenters. The summed E-state index contributed by atoms with van der Waals surface area (Å²) >= 11 is 0. The minimum Gasteiger partial charge on any atom is -0.490 e. The number of benzene rings is 1. The Bertz CT molecular complexity index is 593. The van der Waals surface area contributed by atoms with Gasteiger partial charge in [-0.25, -0.2) is 13.6 Å². The number of rotatable bonds is 4. The summed E-state index contributed by atoms with van der Waals surface area (Å²) in [5.74, 6) is -2.01. The van der Waals surface area contributed by atoms with E-state index in [1.54, 1.807) is 20.8 Å². The van der Waals surface area contributed by atoms with Gasteiger partial charge < -0.3 is 9.47 Å². The average Bonchev–Trinajstić information content (AvgIpc) is 2.38. The fourth-order valence-electron chi connectivity index (χ4n) is 1.42. The van der Waals surface area contributed by atoms with Crippen LogP contribution in [0.15, 0.2) is 18.2 Å². The fraction of sp³-hybridized carbons (Fsp3) is 0.467. The number of amides is 1. The number of carbonyl (C=O) groups is 1. The van der Waals surface area contributed by atoms with Gasteiger partial charge in [0, 0.05) is 6.07 Å². The highest BCUT2D eigenvalue weighted by molar-refractivity contribution is 5.69. The summed E-state index contributed by atoms with van der Waals surface area (Å²) in [6, 6.07) is 4.89. The summed E-state index contributed by atoms with van der Waals surface area (Å²) in [4.78, 5) is 11.7. The zero-order valence-corrected chi connectivity index (χ0v) is 12.9. The van der Waals surface area contributed by atoms with Crippen LogP contribution < -0.4 is 10.1 Å². The fourth-order valence-corrected chi connectivity index (χ4v) is 1.42. The minimum absolute atomic E-state index is 0.0476. The van der Waals surface area contributed by atoms with Gasteiger partial charge in [0.05, 0.1) is 6.07 Å². The molecule has 1 N–H and O–H groups in total. The molecule has 0 fully saturated rings. The average molecular weight is 312 g/mol. The van der Waals surface area contributed by atoms with Crippen LogP contribution in [-0.4, -0.2) is 23.8 Å². The molecule has 0 saturated carbocycles. The Hall–Kier alpha value is -2.36. The molecule has 0 radical (unpaired) electrons. The van der Waals surface area contributed by atoms with Crippen LogP contribution in [0, 0.1) is 23.0 Å². The number of halogens is 2. The normalized spacial score (nSPS) is 13.7. The molecular weight excluding hydrogens is 294 g/mol. The largest absolute Gasteiger partial charge is 0.490 e. The number of nitrogens with zero attached hydrogens (tertiary/aromatic N) is 1. The molecule has 1 unspecified atom stereocenters. The summed E-state index contributed by atoms with van der Waals surface area (Å²) in [6.45, 7) is 6.24. The van der Waals surface area contributed by atoms with Gasteiger partial charge in [-0.3, -0.25) is 5.32 Å². The number of hydrogen-bond acceptors (Lipinski definition) is 4. The van der Waals surface area contributed by atoms with Gasteiger partial charge >= 0.3 is 6.09 Å². The molecule has 1 aromatic carbocycles. The summed E-state index contributed by atoms with van der Waals surface area (Å²) in [5, 5.41) is 11.6. The van der Waals surface area contributed by atoms with Crippen molar-refractivity contribution in [3.8, 4) is 11.8 Å². The van der Waals surface area contributed by atoms with Crippen LogP contribution in [0.5, 0.6) is 5.75 Å². The van der Waals surface area contributed by atoms with E-state index >= 15 is 0 Å². The van der Waals surface area contributed by atoms with Crippen molar-refractivity contribution in [3.63, 3.8) is 0 Å². The zero-order valence-electron chi connectivity index (χ0n) is 12.9. The lowest BCUT2D eigenvalue weighted by molar-refractivity contribution is 0.0463. The second-order valence-corrected chi connectivity index (χ2v) is 5.94. The van der Waals surface area contributed by atoms with E-state index in [-0.39, 0.29) is 12.4 Å². The highest BCUT2D eigenvalue weighted by atomic mass is 19.2. The molecule has 1 rings (SSSR count). The first-order valence-electron chi connectivity index (χ1n) is 6.55. The van der Waals surface area contributed by atoms with Crippen molar-refractivity contribution in [3.05, 3.63) is 29.8 Å². The van der Waals surface area contributed by atoms with Crippen LogP contribution in [0.1, 0.15) is 27.7 Å². The maximum atomic E-state index is 13.1. The van der Waals surface area contributed by atoms with Gasteiger partial charge in [-0.1, -0.05) is 0 Å². The van der Waals surface area contributed by atoms with Crippen LogP contribution in [0.2, 0.25) is 0 Å². The number of ether oxygens (including phenoxy) is 2. The molecule has 0 saturated heterocycles. The smallest absolute Gasteiger partial charge is 0.409 e. The Kier molecular flexibility index (Phi) is 5.31. The molecule has 1 amide bonds. The molecule has 0 bridgehead atoms. The maximum absolute atomic E-state index is 13.1. The highest BCUT2D eigenvalue weighted by Gasteiger charge is 2.30. The van der Waals surface area contributed by atoms with Crippen molar-refractivity contribution >= 4 is 6.09 Å². The Morgan fingerprint density at radius 1 is 1.27 bits per heavy atom. The van der Waals surface area contributed by atoms with Crippen molar-refractivity contribution in [2.45, 2.75) is 38.8 Å². The molecule has 1 aromatic rings. The van der Waals surface area contributed by atoms with Gasteiger partial charge in [0.25, 0.3) is 0 Å². The molecule has 0 heterocycles. The maximum Gasteiger partial charge on any atom is 0.409 e. The summed E-state index contributed by atoms with van der Waals surface area (Å²) in [5.41, 5.74) is -2.09. The van der Waals surface area contributed by atoms with Gasteiger partial charge in [0.1, 0.15) is 18.0 Å². The van der Waals surface area contributed by atoms with Crippen molar-refractivity contribution in [1.82, 2.24) is 5.32 Å². The van der Waals surface area contributed by atoms with Crippen molar-refractivity contribution < 1.29 is 23.0 Å². The third-order valence-electron chi connectivity index (χ3n) is 2.44. The van der Waals surface area contributed by atoms with E-state index in [1.807, 2.05) is 6.07 Å². The van der Waals surface area contributed by atoms with Crippen LogP contribution >= 0.6 is 0 Å². The number of alkyl carbamates (subject to hydrolysis) is 1. The monoisotopic (exact) mass is 312 g/mol. The lowest BCUT2D eigenvalue weighted by Gasteiger charge is -2.26. The number of nitriles is 1. The summed E-state index contributed by atoms with van der Waals surface area (Å²) < 4.78 is 36.2. The predicted molar refractivity (Wildman–Crippen MR) is 75.2 cm³/mol. The Morgan fingerprint density at radius 3 is 2.41 bits per heavy atom. The summed E-state index contributed by atoms with van der Waals surface area (Å²) in [6.07, 6.45) is -0.773. The number of nitrogens with one attached hydrogen (secondary N) is 1. The van der Waals surface area contributed by atoms with E-state index < -0.39 is 28.9 Å². The van der Waals surface area contributed by atoms with E-state index in [0.717, 1.165) is 12.1 Å². The molecule has 0 aliphatic heterocycles. The van der Waals surface area contributed by atoms with Crippen LogP contribution in [0.4, 0.5) is 13.6 Å². The van der Waals surface area contributed by atoms with Crippen LogP contribution in [0.3, 0.4) is 0 Å². The molecular formula is C15H18F2N2O3. The van der Waals surface area contributed by atoms with E-state index in [2.05, 4.69) is 5.32 Å². The highest BCUT2D eigenvalue weighted by Crippen LogP contribution is 2.17. The molecule has 22 heavy (non-hydrogen) atoms. The van der Waals surface area contributed by atoms with E-state index in [9.17, 15) is 18.8 Å². The SMILES string of the molecule is CC(C#N)(COc1ccc(F)c(F)c1)NC(=O)OC(C)(C)C.